The molecule has 1 aromatic carbocycles. The van der Waals surface area contributed by atoms with Gasteiger partial charge in [0, 0.05) is 39.1 Å². The monoisotopic (exact) mass is 540 g/mol. The zero-order valence-corrected chi connectivity index (χ0v) is 21.2. The molecule has 0 atom stereocenters. The van der Waals surface area contributed by atoms with E-state index in [-0.39, 0.29) is 29.9 Å². The average Bonchev–Trinajstić information content (AvgIpc) is 3.35. The van der Waals surface area contributed by atoms with E-state index in [4.69, 9.17) is 0 Å². The molecule has 31 heavy (non-hydrogen) atoms. The van der Waals surface area contributed by atoms with E-state index in [1.165, 1.54) is 31.2 Å². The summed E-state index contributed by atoms with van der Waals surface area (Å²) in [5.41, 5.74) is 2.22. The standard InChI is InChI=1S/C23H36N6O.HI/c1-3-24-23(27-15-14-25-22(30)17-19-9-4-5-10-19)26-13-8-16-29-18(2)28-20-11-6-7-12-21(20)29;/h6-7,11-12,19H,3-5,8-10,13-17H2,1-2H3,(H,25,30)(H2,24,26,27);1H. The number of benzene rings is 1. The maximum absolute atomic E-state index is 12.0. The van der Waals surface area contributed by atoms with Crippen LogP contribution in [0.4, 0.5) is 0 Å². The molecule has 1 heterocycles. The smallest absolute Gasteiger partial charge is 0.220 e. The van der Waals surface area contributed by atoms with Crippen molar-refractivity contribution >= 4 is 46.9 Å². The molecule has 0 unspecified atom stereocenters. The molecule has 1 aromatic heterocycles. The van der Waals surface area contributed by atoms with Crippen LogP contribution in [-0.4, -0.2) is 47.6 Å². The molecule has 3 rings (SSSR count). The Hall–Kier alpha value is -1.84. The number of carbonyl (C=O) groups is 1. The van der Waals surface area contributed by atoms with Gasteiger partial charge in [-0.05, 0) is 51.2 Å². The van der Waals surface area contributed by atoms with Gasteiger partial charge in [0.25, 0.3) is 0 Å². The average molecular weight is 540 g/mol. The van der Waals surface area contributed by atoms with Crippen molar-refractivity contribution in [2.24, 2.45) is 10.9 Å². The highest BCUT2D eigenvalue weighted by Crippen LogP contribution is 2.27. The van der Waals surface area contributed by atoms with Gasteiger partial charge in [-0.15, -0.1) is 24.0 Å². The van der Waals surface area contributed by atoms with Crippen molar-refractivity contribution in [2.45, 2.75) is 58.9 Å². The van der Waals surface area contributed by atoms with Gasteiger partial charge >= 0.3 is 0 Å². The summed E-state index contributed by atoms with van der Waals surface area (Å²) in [4.78, 5) is 21.3. The predicted octanol–water partition coefficient (Wildman–Crippen LogP) is 3.60. The molecular formula is C23H37IN6O. The van der Waals surface area contributed by atoms with Crippen LogP contribution in [0.5, 0.6) is 0 Å². The summed E-state index contributed by atoms with van der Waals surface area (Å²) in [7, 11) is 0. The largest absolute Gasteiger partial charge is 0.357 e. The van der Waals surface area contributed by atoms with Crippen LogP contribution < -0.4 is 16.0 Å². The molecular weight excluding hydrogens is 503 g/mol. The highest BCUT2D eigenvalue weighted by molar-refractivity contribution is 14.0. The van der Waals surface area contributed by atoms with Crippen LogP contribution in [0, 0.1) is 12.8 Å². The molecule has 0 radical (unpaired) electrons. The summed E-state index contributed by atoms with van der Waals surface area (Å²) in [5.74, 6) is 2.61. The van der Waals surface area contributed by atoms with E-state index in [1.807, 2.05) is 6.07 Å². The summed E-state index contributed by atoms with van der Waals surface area (Å²) < 4.78 is 2.26. The van der Waals surface area contributed by atoms with Crippen LogP contribution in [-0.2, 0) is 11.3 Å². The Labute approximate surface area is 202 Å². The number of fused-ring (bicyclic) bond motifs is 1. The summed E-state index contributed by atoms with van der Waals surface area (Å²) >= 11 is 0. The molecule has 0 saturated heterocycles. The molecule has 2 aromatic rings. The Morgan fingerprint density at radius 1 is 1.16 bits per heavy atom. The number of hydrogen-bond acceptors (Lipinski definition) is 3. The molecule has 1 fully saturated rings. The molecule has 8 heteroatoms. The van der Waals surface area contributed by atoms with Crippen LogP contribution in [0.3, 0.4) is 0 Å². The topological polar surface area (TPSA) is 83.3 Å². The lowest BCUT2D eigenvalue weighted by Gasteiger charge is -2.13. The quantitative estimate of drug-likeness (QED) is 0.186. The number of halogens is 1. The van der Waals surface area contributed by atoms with Gasteiger partial charge in [-0.2, -0.15) is 0 Å². The lowest BCUT2D eigenvalue weighted by Crippen LogP contribution is -2.41. The first-order valence-corrected chi connectivity index (χ1v) is 11.4. The summed E-state index contributed by atoms with van der Waals surface area (Å²) in [6.07, 6.45) is 6.58. The molecule has 1 aliphatic carbocycles. The number of carbonyl (C=O) groups excluding carboxylic acids is 1. The predicted molar refractivity (Wildman–Crippen MR) is 138 cm³/mol. The van der Waals surface area contributed by atoms with Crippen LogP contribution in [0.2, 0.25) is 0 Å². The third-order valence-corrected chi connectivity index (χ3v) is 5.69. The first-order valence-electron chi connectivity index (χ1n) is 11.4. The normalized spacial score (nSPS) is 14.5. The Kier molecular flexibility index (Phi) is 11.1. The maximum Gasteiger partial charge on any atom is 0.220 e. The van der Waals surface area contributed by atoms with Gasteiger partial charge in [-0.25, -0.2) is 4.98 Å². The summed E-state index contributed by atoms with van der Waals surface area (Å²) in [6, 6.07) is 8.24. The minimum Gasteiger partial charge on any atom is -0.357 e. The Balaban J connectivity index is 0.00000341. The summed E-state index contributed by atoms with van der Waals surface area (Å²) in [5, 5.41) is 9.60. The molecule has 1 aliphatic rings. The fourth-order valence-corrected chi connectivity index (χ4v) is 4.17. The number of imidazole rings is 1. The van der Waals surface area contributed by atoms with E-state index in [1.54, 1.807) is 0 Å². The Morgan fingerprint density at radius 3 is 2.68 bits per heavy atom. The summed E-state index contributed by atoms with van der Waals surface area (Å²) in [6.45, 7) is 7.84. The molecule has 0 spiro atoms. The minimum atomic E-state index is 0. The van der Waals surface area contributed by atoms with Crippen molar-refractivity contribution in [3.8, 4) is 0 Å². The van der Waals surface area contributed by atoms with E-state index in [0.717, 1.165) is 43.4 Å². The number of nitrogens with zero attached hydrogens (tertiary/aromatic N) is 3. The second-order valence-electron chi connectivity index (χ2n) is 8.04. The number of nitrogens with one attached hydrogen (secondary N) is 3. The third kappa shape index (κ3) is 7.97. The van der Waals surface area contributed by atoms with Crippen molar-refractivity contribution in [1.82, 2.24) is 25.5 Å². The van der Waals surface area contributed by atoms with Crippen molar-refractivity contribution in [1.29, 1.82) is 0 Å². The number of aliphatic imine (C=N–C) groups is 1. The molecule has 0 aliphatic heterocycles. The van der Waals surface area contributed by atoms with Crippen LogP contribution in [0.25, 0.3) is 11.0 Å². The van der Waals surface area contributed by atoms with E-state index < -0.39 is 0 Å². The van der Waals surface area contributed by atoms with Crippen molar-refractivity contribution in [3.05, 3.63) is 30.1 Å². The number of aryl methyl sites for hydroxylation is 2. The van der Waals surface area contributed by atoms with Gasteiger partial charge in [-0.3, -0.25) is 9.79 Å². The van der Waals surface area contributed by atoms with Crippen LogP contribution in [0.1, 0.15) is 51.3 Å². The minimum absolute atomic E-state index is 0. The number of aromatic nitrogens is 2. The maximum atomic E-state index is 12.0. The van der Waals surface area contributed by atoms with Gasteiger partial charge in [-0.1, -0.05) is 25.0 Å². The molecule has 0 bridgehead atoms. The highest BCUT2D eigenvalue weighted by atomic mass is 127. The van der Waals surface area contributed by atoms with E-state index in [0.29, 0.717) is 25.4 Å². The van der Waals surface area contributed by atoms with E-state index >= 15 is 0 Å². The fraction of sp³-hybridized carbons (Fsp3) is 0.609. The SMILES string of the molecule is CCNC(=NCCCn1c(C)nc2ccccc21)NCCNC(=O)CC1CCCC1.I. The second kappa shape index (κ2) is 13.5. The Morgan fingerprint density at radius 2 is 1.90 bits per heavy atom. The van der Waals surface area contributed by atoms with Crippen molar-refractivity contribution < 1.29 is 4.79 Å². The lowest BCUT2D eigenvalue weighted by molar-refractivity contribution is -0.121. The number of hydrogen-bond donors (Lipinski definition) is 3. The van der Waals surface area contributed by atoms with Gasteiger partial charge in [0.15, 0.2) is 5.96 Å². The molecule has 1 amide bonds. The molecule has 3 N–H and O–H groups in total. The van der Waals surface area contributed by atoms with Gasteiger partial charge in [0.05, 0.1) is 11.0 Å². The van der Waals surface area contributed by atoms with Gasteiger partial charge in [0.1, 0.15) is 5.82 Å². The van der Waals surface area contributed by atoms with E-state index in [9.17, 15) is 4.79 Å². The first-order chi connectivity index (χ1) is 14.7. The third-order valence-electron chi connectivity index (χ3n) is 5.69. The Bertz CT molecular complexity index is 844. The highest BCUT2D eigenvalue weighted by Gasteiger charge is 2.17. The van der Waals surface area contributed by atoms with Crippen LogP contribution >= 0.6 is 24.0 Å². The number of amides is 1. The first kappa shape index (κ1) is 25.4. The van der Waals surface area contributed by atoms with E-state index in [2.05, 4.69) is 62.5 Å². The lowest BCUT2D eigenvalue weighted by atomic mass is 10.0. The van der Waals surface area contributed by atoms with Crippen LogP contribution in [0.15, 0.2) is 29.3 Å². The number of rotatable bonds is 10. The molecule has 7 nitrogen and oxygen atoms in total. The second-order valence-corrected chi connectivity index (χ2v) is 8.04. The molecule has 172 valence electrons. The van der Waals surface area contributed by atoms with Gasteiger partial charge in [0.2, 0.25) is 5.91 Å². The van der Waals surface area contributed by atoms with Crippen molar-refractivity contribution in [3.63, 3.8) is 0 Å². The van der Waals surface area contributed by atoms with Crippen molar-refractivity contribution in [2.75, 3.05) is 26.2 Å². The fourth-order valence-electron chi connectivity index (χ4n) is 4.17. The van der Waals surface area contributed by atoms with Gasteiger partial charge < -0.3 is 20.5 Å². The molecule has 1 saturated carbocycles. The number of para-hydroxylation sites is 2. The number of guanidine groups is 1. The zero-order valence-electron chi connectivity index (χ0n) is 18.8. The zero-order chi connectivity index (χ0) is 21.2.